The predicted octanol–water partition coefficient (Wildman–Crippen LogP) is 4.47. The van der Waals surface area contributed by atoms with Gasteiger partial charge in [0.1, 0.15) is 11.8 Å². The predicted molar refractivity (Wildman–Crippen MR) is 119 cm³/mol. The Morgan fingerprint density at radius 1 is 1.14 bits per heavy atom. The molecular weight excluding hydrogens is 432 g/mol. The molecule has 156 valence electrons. The number of ether oxygens (including phenoxy) is 1. The third kappa shape index (κ3) is 7.20. The van der Waals surface area contributed by atoms with Crippen LogP contribution in [0.1, 0.15) is 38.3 Å². The summed E-state index contributed by atoms with van der Waals surface area (Å²) in [4.78, 5) is 27.4. The van der Waals surface area contributed by atoms with Crippen LogP contribution in [0.5, 0.6) is 5.75 Å². The van der Waals surface area contributed by atoms with E-state index in [2.05, 4.69) is 21.2 Å². The zero-order valence-corrected chi connectivity index (χ0v) is 19.0. The molecular formula is C23H29BrN2O3. The zero-order chi connectivity index (χ0) is 21.4. The number of nitrogens with zero attached hydrogens (tertiary/aromatic N) is 1. The lowest BCUT2D eigenvalue weighted by molar-refractivity contribution is -0.143. The fourth-order valence-electron chi connectivity index (χ4n) is 3.07. The minimum absolute atomic E-state index is 0.00601. The van der Waals surface area contributed by atoms with E-state index in [1.807, 2.05) is 64.1 Å². The number of hydrogen-bond donors (Lipinski definition) is 1. The normalized spacial score (nSPS) is 11.8. The van der Waals surface area contributed by atoms with Crippen molar-refractivity contribution in [1.82, 2.24) is 10.2 Å². The molecule has 0 aromatic heterocycles. The number of amides is 2. The fourth-order valence-corrected chi connectivity index (χ4v) is 3.33. The molecule has 1 atom stereocenters. The Morgan fingerprint density at radius 3 is 2.41 bits per heavy atom. The highest BCUT2D eigenvalue weighted by molar-refractivity contribution is 9.10. The Balaban J connectivity index is 2.20. The van der Waals surface area contributed by atoms with Gasteiger partial charge < -0.3 is 15.0 Å². The van der Waals surface area contributed by atoms with Crippen molar-refractivity contribution in [2.24, 2.45) is 0 Å². The number of rotatable bonds is 9. The Bertz CT molecular complexity index is 821. The quantitative estimate of drug-likeness (QED) is 0.600. The van der Waals surface area contributed by atoms with Gasteiger partial charge in [0.2, 0.25) is 5.91 Å². The molecule has 0 aliphatic rings. The average molecular weight is 461 g/mol. The van der Waals surface area contributed by atoms with Crippen LogP contribution in [0.15, 0.2) is 53.0 Å². The first-order valence-corrected chi connectivity index (χ1v) is 10.6. The molecule has 0 fully saturated rings. The Morgan fingerprint density at radius 2 is 1.83 bits per heavy atom. The molecule has 5 nitrogen and oxygen atoms in total. The van der Waals surface area contributed by atoms with E-state index in [4.69, 9.17) is 4.74 Å². The molecule has 2 rings (SSSR count). The van der Waals surface area contributed by atoms with Gasteiger partial charge in [-0.25, -0.2) is 0 Å². The summed E-state index contributed by atoms with van der Waals surface area (Å²) in [6.45, 7) is 7.97. The largest absolute Gasteiger partial charge is 0.484 e. The van der Waals surface area contributed by atoms with Gasteiger partial charge in [-0.05, 0) is 57.0 Å². The third-order valence-corrected chi connectivity index (χ3v) is 4.96. The van der Waals surface area contributed by atoms with Crippen LogP contribution in [0.4, 0.5) is 0 Å². The maximum Gasteiger partial charge on any atom is 0.261 e. The van der Waals surface area contributed by atoms with Gasteiger partial charge in [0, 0.05) is 17.1 Å². The Hall–Kier alpha value is -2.34. The van der Waals surface area contributed by atoms with Gasteiger partial charge in [0.15, 0.2) is 6.61 Å². The molecule has 6 heteroatoms. The van der Waals surface area contributed by atoms with Crippen LogP contribution < -0.4 is 10.1 Å². The second kappa shape index (κ2) is 11.0. The standard InChI is InChI=1S/C23H29BrN2O3/c1-5-21(23(28)25-16(2)3)26(14-18-8-6-7-17(4)13-18)22(27)15-29-20-11-9-19(24)10-12-20/h6-13,16,21H,5,14-15H2,1-4H3,(H,25,28)/t21-/m1/s1. The molecule has 0 unspecified atom stereocenters. The zero-order valence-electron chi connectivity index (χ0n) is 17.4. The van der Waals surface area contributed by atoms with Crippen LogP contribution in [-0.4, -0.2) is 35.4 Å². The van der Waals surface area contributed by atoms with Crippen molar-refractivity contribution in [2.45, 2.75) is 52.7 Å². The summed E-state index contributed by atoms with van der Waals surface area (Å²) >= 11 is 3.38. The van der Waals surface area contributed by atoms with Crippen molar-refractivity contribution < 1.29 is 14.3 Å². The first kappa shape index (κ1) is 22.9. The van der Waals surface area contributed by atoms with E-state index in [9.17, 15) is 9.59 Å². The first-order chi connectivity index (χ1) is 13.8. The van der Waals surface area contributed by atoms with Gasteiger partial charge in [-0.1, -0.05) is 52.7 Å². The highest BCUT2D eigenvalue weighted by Crippen LogP contribution is 2.18. The number of nitrogens with one attached hydrogen (secondary N) is 1. The lowest BCUT2D eigenvalue weighted by Crippen LogP contribution is -2.51. The molecule has 0 aliphatic heterocycles. The van der Waals surface area contributed by atoms with Crippen LogP contribution in [0.25, 0.3) is 0 Å². The molecule has 0 radical (unpaired) electrons. The Kier molecular flexibility index (Phi) is 8.70. The molecule has 0 saturated carbocycles. The lowest BCUT2D eigenvalue weighted by atomic mass is 10.1. The van der Waals surface area contributed by atoms with Crippen molar-refractivity contribution in [3.8, 4) is 5.75 Å². The summed E-state index contributed by atoms with van der Waals surface area (Å²) in [6, 6.07) is 14.7. The van der Waals surface area contributed by atoms with Gasteiger partial charge in [0.25, 0.3) is 5.91 Å². The van der Waals surface area contributed by atoms with Crippen LogP contribution >= 0.6 is 15.9 Å². The lowest BCUT2D eigenvalue weighted by Gasteiger charge is -2.31. The molecule has 0 bridgehead atoms. The molecule has 2 amide bonds. The van der Waals surface area contributed by atoms with E-state index < -0.39 is 6.04 Å². The number of aryl methyl sites for hydroxylation is 1. The van der Waals surface area contributed by atoms with Gasteiger partial charge in [-0.15, -0.1) is 0 Å². The summed E-state index contributed by atoms with van der Waals surface area (Å²) in [7, 11) is 0. The van der Waals surface area contributed by atoms with Crippen molar-refractivity contribution in [1.29, 1.82) is 0 Å². The molecule has 0 heterocycles. The number of halogens is 1. The topological polar surface area (TPSA) is 58.6 Å². The van der Waals surface area contributed by atoms with Crippen LogP contribution in [0, 0.1) is 6.92 Å². The Labute approximate surface area is 181 Å². The van der Waals surface area contributed by atoms with Crippen LogP contribution in [0.3, 0.4) is 0 Å². The summed E-state index contributed by atoms with van der Waals surface area (Å²) in [5.41, 5.74) is 2.10. The molecule has 2 aromatic rings. The molecule has 2 aromatic carbocycles. The van der Waals surface area contributed by atoms with Gasteiger partial charge in [-0.3, -0.25) is 9.59 Å². The second-order valence-corrected chi connectivity index (χ2v) is 8.26. The molecule has 29 heavy (non-hydrogen) atoms. The number of benzene rings is 2. The number of carbonyl (C=O) groups is 2. The highest BCUT2D eigenvalue weighted by Gasteiger charge is 2.29. The fraction of sp³-hybridized carbons (Fsp3) is 0.391. The van der Waals surface area contributed by atoms with E-state index in [1.165, 1.54) is 0 Å². The minimum atomic E-state index is -0.557. The van der Waals surface area contributed by atoms with E-state index in [-0.39, 0.29) is 24.5 Å². The van der Waals surface area contributed by atoms with E-state index in [0.29, 0.717) is 18.7 Å². The minimum Gasteiger partial charge on any atom is -0.484 e. The maximum absolute atomic E-state index is 13.1. The number of hydrogen-bond acceptors (Lipinski definition) is 3. The molecule has 0 aliphatic carbocycles. The molecule has 0 spiro atoms. The van der Waals surface area contributed by atoms with Crippen molar-refractivity contribution in [3.05, 3.63) is 64.1 Å². The summed E-state index contributed by atoms with van der Waals surface area (Å²) in [5.74, 6) is 0.240. The van der Waals surface area contributed by atoms with E-state index in [1.54, 1.807) is 17.0 Å². The smallest absolute Gasteiger partial charge is 0.261 e. The van der Waals surface area contributed by atoms with Crippen molar-refractivity contribution in [3.63, 3.8) is 0 Å². The first-order valence-electron chi connectivity index (χ1n) is 9.84. The van der Waals surface area contributed by atoms with Gasteiger partial charge in [0.05, 0.1) is 0 Å². The van der Waals surface area contributed by atoms with Crippen molar-refractivity contribution in [2.75, 3.05) is 6.61 Å². The van der Waals surface area contributed by atoms with E-state index >= 15 is 0 Å². The second-order valence-electron chi connectivity index (χ2n) is 7.34. The van der Waals surface area contributed by atoms with Crippen molar-refractivity contribution >= 4 is 27.7 Å². The summed E-state index contributed by atoms with van der Waals surface area (Å²) in [5, 5.41) is 2.93. The van der Waals surface area contributed by atoms with Gasteiger partial charge in [-0.2, -0.15) is 0 Å². The van der Waals surface area contributed by atoms with Gasteiger partial charge >= 0.3 is 0 Å². The average Bonchev–Trinajstić information content (AvgIpc) is 2.66. The monoisotopic (exact) mass is 460 g/mol. The summed E-state index contributed by atoms with van der Waals surface area (Å²) < 4.78 is 6.62. The number of carbonyl (C=O) groups excluding carboxylic acids is 2. The maximum atomic E-state index is 13.1. The summed E-state index contributed by atoms with van der Waals surface area (Å²) in [6.07, 6.45) is 0.522. The van der Waals surface area contributed by atoms with Crippen LogP contribution in [-0.2, 0) is 16.1 Å². The van der Waals surface area contributed by atoms with Crippen LogP contribution in [0.2, 0.25) is 0 Å². The van der Waals surface area contributed by atoms with E-state index in [0.717, 1.165) is 15.6 Å². The molecule has 1 N–H and O–H groups in total. The SMILES string of the molecule is CC[C@H](C(=O)NC(C)C)N(Cc1cccc(C)c1)C(=O)COc1ccc(Br)cc1. The third-order valence-electron chi connectivity index (χ3n) is 4.43. The highest BCUT2D eigenvalue weighted by atomic mass is 79.9. The molecule has 0 saturated heterocycles.